The van der Waals surface area contributed by atoms with Gasteiger partial charge in [-0.2, -0.15) is 0 Å². The number of benzene rings is 2. The lowest BCUT2D eigenvalue weighted by Crippen LogP contribution is -2.33. The van der Waals surface area contributed by atoms with Gasteiger partial charge in [0, 0.05) is 12.8 Å². The van der Waals surface area contributed by atoms with E-state index in [1.165, 1.54) is 24.3 Å². The first kappa shape index (κ1) is 22.2. The maximum Gasteiger partial charge on any atom is 0.338 e. The van der Waals surface area contributed by atoms with E-state index in [-0.39, 0.29) is 42.2 Å². The van der Waals surface area contributed by atoms with Gasteiger partial charge in [0.05, 0.1) is 17.3 Å². The fraction of sp³-hybridized carbons (Fsp3) is 0.333. The van der Waals surface area contributed by atoms with E-state index < -0.39 is 12.6 Å². The number of amides is 3. The lowest BCUT2D eigenvalue weighted by Gasteiger charge is -2.21. The molecule has 0 aliphatic carbocycles. The van der Waals surface area contributed by atoms with Crippen molar-refractivity contribution in [3.63, 3.8) is 0 Å². The van der Waals surface area contributed by atoms with Gasteiger partial charge in [-0.15, -0.1) is 0 Å². The molecule has 1 aliphatic heterocycles. The number of hydrogen-bond acceptors (Lipinski definition) is 5. The van der Waals surface area contributed by atoms with Gasteiger partial charge in [0.15, 0.2) is 6.61 Å². The quantitative estimate of drug-likeness (QED) is 0.520. The first-order valence-corrected chi connectivity index (χ1v) is 10.3. The molecule has 0 radical (unpaired) electrons. The number of carbonyl (C=O) groups is 4. The molecule has 162 valence electrons. The third kappa shape index (κ3) is 5.78. The molecule has 1 atom stereocenters. The van der Waals surface area contributed by atoms with Crippen LogP contribution in [0.25, 0.3) is 0 Å². The highest BCUT2D eigenvalue weighted by Crippen LogP contribution is 2.23. The molecule has 1 saturated heterocycles. The first-order valence-electron chi connectivity index (χ1n) is 10.3. The maximum atomic E-state index is 12.4. The van der Waals surface area contributed by atoms with E-state index in [9.17, 15) is 19.2 Å². The van der Waals surface area contributed by atoms with Gasteiger partial charge >= 0.3 is 5.97 Å². The standard InChI is InChI=1S/C24H26N2O5/c1-16(2)14-20(17-6-4-3-5-7-17)25-21(27)15-31-24(30)18-8-10-19(11-9-18)26-22(28)12-13-23(26)29/h3-11,16,20H,12-15H2,1-2H3,(H,25,27)/t20-/m0/s1. The molecule has 0 bridgehead atoms. The average Bonchev–Trinajstić information content (AvgIpc) is 3.10. The highest BCUT2D eigenvalue weighted by Gasteiger charge is 2.30. The number of imide groups is 1. The SMILES string of the molecule is CC(C)C[C@H](NC(=O)COC(=O)c1ccc(N2C(=O)CCC2=O)cc1)c1ccccc1. The molecule has 0 unspecified atom stereocenters. The van der Waals surface area contributed by atoms with Crippen molar-refractivity contribution in [1.29, 1.82) is 0 Å². The van der Waals surface area contributed by atoms with E-state index in [0.717, 1.165) is 16.9 Å². The van der Waals surface area contributed by atoms with Crippen molar-refractivity contribution in [3.8, 4) is 0 Å². The molecule has 2 aromatic rings. The van der Waals surface area contributed by atoms with Crippen LogP contribution in [0.5, 0.6) is 0 Å². The van der Waals surface area contributed by atoms with Gasteiger partial charge < -0.3 is 10.1 Å². The summed E-state index contributed by atoms with van der Waals surface area (Å²) in [5, 5.41) is 2.93. The number of anilines is 1. The Morgan fingerprint density at radius 1 is 0.968 bits per heavy atom. The molecule has 2 aromatic carbocycles. The lowest BCUT2D eigenvalue weighted by atomic mass is 9.97. The zero-order chi connectivity index (χ0) is 22.4. The summed E-state index contributed by atoms with van der Waals surface area (Å²) in [4.78, 5) is 49.4. The van der Waals surface area contributed by atoms with Gasteiger partial charge in [-0.25, -0.2) is 4.79 Å². The van der Waals surface area contributed by atoms with Crippen molar-refractivity contribution in [1.82, 2.24) is 5.32 Å². The van der Waals surface area contributed by atoms with Gasteiger partial charge in [0.25, 0.3) is 5.91 Å². The second-order valence-electron chi connectivity index (χ2n) is 7.91. The van der Waals surface area contributed by atoms with E-state index in [1.54, 1.807) is 0 Å². The third-order valence-electron chi connectivity index (χ3n) is 4.99. The van der Waals surface area contributed by atoms with Crippen molar-refractivity contribution in [2.75, 3.05) is 11.5 Å². The van der Waals surface area contributed by atoms with Crippen LogP contribution in [-0.2, 0) is 19.1 Å². The number of rotatable bonds is 8. The normalized spacial score (nSPS) is 14.6. The minimum absolute atomic E-state index is 0.165. The summed E-state index contributed by atoms with van der Waals surface area (Å²) >= 11 is 0. The summed E-state index contributed by atoms with van der Waals surface area (Å²) in [6.07, 6.45) is 1.15. The molecule has 3 rings (SSSR count). The molecule has 31 heavy (non-hydrogen) atoms. The number of nitrogens with zero attached hydrogens (tertiary/aromatic N) is 1. The Bertz CT molecular complexity index is 938. The van der Waals surface area contributed by atoms with E-state index in [4.69, 9.17) is 4.74 Å². The maximum absolute atomic E-state index is 12.4. The second-order valence-corrected chi connectivity index (χ2v) is 7.91. The van der Waals surface area contributed by atoms with Crippen molar-refractivity contribution in [2.45, 2.75) is 39.2 Å². The predicted octanol–water partition coefficient (Wildman–Crippen LogP) is 3.40. The van der Waals surface area contributed by atoms with Crippen LogP contribution < -0.4 is 10.2 Å². The summed E-state index contributed by atoms with van der Waals surface area (Å²) < 4.78 is 5.14. The number of carbonyl (C=O) groups excluding carboxylic acids is 4. The Morgan fingerprint density at radius 3 is 2.16 bits per heavy atom. The van der Waals surface area contributed by atoms with Gasteiger partial charge in [0.1, 0.15) is 0 Å². The Morgan fingerprint density at radius 2 is 1.58 bits per heavy atom. The van der Waals surface area contributed by atoms with Crippen LogP contribution in [0, 0.1) is 5.92 Å². The molecule has 1 fully saturated rings. The fourth-order valence-electron chi connectivity index (χ4n) is 3.50. The van der Waals surface area contributed by atoms with Crippen LogP contribution in [0.4, 0.5) is 5.69 Å². The van der Waals surface area contributed by atoms with E-state index in [2.05, 4.69) is 19.2 Å². The molecule has 0 saturated carbocycles. The van der Waals surface area contributed by atoms with Gasteiger partial charge in [-0.05, 0) is 42.2 Å². The van der Waals surface area contributed by atoms with Crippen LogP contribution in [0.1, 0.15) is 55.1 Å². The number of nitrogens with one attached hydrogen (secondary N) is 1. The highest BCUT2D eigenvalue weighted by molar-refractivity contribution is 6.19. The van der Waals surface area contributed by atoms with Crippen LogP contribution >= 0.6 is 0 Å². The van der Waals surface area contributed by atoms with Crippen LogP contribution in [0.2, 0.25) is 0 Å². The Kier molecular flexibility index (Phi) is 7.18. The summed E-state index contributed by atoms with van der Waals surface area (Å²) in [6, 6.07) is 15.5. The van der Waals surface area contributed by atoms with Crippen LogP contribution in [0.15, 0.2) is 54.6 Å². The van der Waals surface area contributed by atoms with Gasteiger partial charge in [-0.3, -0.25) is 19.3 Å². The second kappa shape index (κ2) is 10.0. The average molecular weight is 422 g/mol. The predicted molar refractivity (Wildman–Crippen MR) is 115 cm³/mol. The smallest absolute Gasteiger partial charge is 0.338 e. The summed E-state index contributed by atoms with van der Waals surface area (Å²) in [5.74, 6) is -1.17. The molecule has 1 aliphatic rings. The number of ether oxygens (including phenoxy) is 1. The van der Waals surface area contributed by atoms with Crippen LogP contribution in [0.3, 0.4) is 0 Å². The molecule has 3 amide bonds. The zero-order valence-electron chi connectivity index (χ0n) is 17.7. The minimum atomic E-state index is -0.652. The van der Waals surface area contributed by atoms with E-state index >= 15 is 0 Å². The third-order valence-corrected chi connectivity index (χ3v) is 4.99. The van der Waals surface area contributed by atoms with Crippen molar-refractivity contribution in [3.05, 3.63) is 65.7 Å². The van der Waals surface area contributed by atoms with Crippen molar-refractivity contribution >= 4 is 29.4 Å². The molecule has 1 heterocycles. The fourth-order valence-corrected chi connectivity index (χ4v) is 3.50. The van der Waals surface area contributed by atoms with E-state index in [0.29, 0.717) is 11.6 Å². The summed E-state index contributed by atoms with van der Waals surface area (Å²) in [5.41, 5.74) is 1.65. The molecule has 7 nitrogen and oxygen atoms in total. The summed E-state index contributed by atoms with van der Waals surface area (Å²) in [6.45, 7) is 3.76. The molecule has 0 spiro atoms. The van der Waals surface area contributed by atoms with Crippen molar-refractivity contribution in [2.24, 2.45) is 5.92 Å². The highest BCUT2D eigenvalue weighted by atomic mass is 16.5. The Hall–Kier alpha value is -3.48. The number of esters is 1. The zero-order valence-corrected chi connectivity index (χ0v) is 17.7. The largest absolute Gasteiger partial charge is 0.452 e. The minimum Gasteiger partial charge on any atom is -0.452 e. The van der Waals surface area contributed by atoms with Crippen molar-refractivity contribution < 1.29 is 23.9 Å². The monoisotopic (exact) mass is 422 g/mol. The summed E-state index contributed by atoms with van der Waals surface area (Å²) in [7, 11) is 0. The molecule has 0 aromatic heterocycles. The molecule has 7 heteroatoms. The van der Waals surface area contributed by atoms with Gasteiger partial charge in [0.2, 0.25) is 11.8 Å². The van der Waals surface area contributed by atoms with Gasteiger partial charge in [-0.1, -0.05) is 44.2 Å². The Labute approximate surface area is 181 Å². The molecular formula is C24H26N2O5. The topological polar surface area (TPSA) is 92.8 Å². The van der Waals surface area contributed by atoms with E-state index in [1.807, 2.05) is 30.3 Å². The lowest BCUT2D eigenvalue weighted by molar-refractivity contribution is -0.125. The Balaban J connectivity index is 1.56. The molecular weight excluding hydrogens is 396 g/mol. The first-order chi connectivity index (χ1) is 14.8. The molecule has 1 N–H and O–H groups in total. The van der Waals surface area contributed by atoms with Crippen LogP contribution in [-0.4, -0.2) is 30.3 Å². The number of hydrogen-bond donors (Lipinski definition) is 1.